The second-order valence-corrected chi connectivity index (χ2v) is 8.80. The van der Waals surface area contributed by atoms with E-state index in [0.717, 1.165) is 40.2 Å². The number of ketones is 1. The van der Waals surface area contributed by atoms with Crippen molar-refractivity contribution in [3.8, 4) is 0 Å². The highest BCUT2D eigenvalue weighted by Gasteiger charge is 2.37. The molecule has 4 rings (SSSR count). The molecule has 0 bridgehead atoms. The van der Waals surface area contributed by atoms with Gasteiger partial charge in [-0.15, -0.1) is 11.3 Å². The van der Waals surface area contributed by atoms with Crippen LogP contribution >= 0.6 is 11.3 Å². The summed E-state index contributed by atoms with van der Waals surface area (Å²) in [7, 11) is 0. The van der Waals surface area contributed by atoms with Crippen LogP contribution in [0.5, 0.6) is 0 Å². The monoisotopic (exact) mass is 390 g/mol. The lowest BCUT2D eigenvalue weighted by Crippen LogP contribution is -2.18. The predicted octanol–water partition coefficient (Wildman–Crippen LogP) is 5.82. The van der Waals surface area contributed by atoms with Crippen LogP contribution in [0.4, 0.5) is 17.1 Å². The largest absolute Gasteiger partial charge is 0.355 e. The minimum absolute atomic E-state index is 0.108. The molecule has 5 heteroatoms. The van der Waals surface area contributed by atoms with Gasteiger partial charge in [-0.1, -0.05) is 26.0 Å². The number of anilines is 3. The summed E-state index contributed by atoms with van der Waals surface area (Å²) in [6.07, 6.45) is 0.757. The number of Topliss-reactive ketones (excluding diaryl/α,β-unsaturated/α-hetero) is 1. The minimum atomic E-state index is -0.330. The van der Waals surface area contributed by atoms with Crippen LogP contribution in [0, 0.1) is 12.3 Å². The van der Waals surface area contributed by atoms with Crippen LogP contribution in [0.3, 0.4) is 0 Å². The average molecular weight is 391 g/mol. The van der Waals surface area contributed by atoms with Crippen LogP contribution in [0.1, 0.15) is 45.0 Å². The minimum Gasteiger partial charge on any atom is -0.355 e. The fourth-order valence-corrected chi connectivity index (χ4v) is 4.17. The maximum atomic E-state index is 12.4. The number of aryl methyl sites for hydroxylation is 1. The van der Waals surface area contributed by atoms with Crippen molar-refractivity contribution in [3.63, 3.8) is 0 Å². The number of nitrogens with one attached hydrogen (secondary N) is 2. The van der Waals surface area contributed by atoms with Crippen LogP contribution in [0.25, 0.3) is 0 Å². The molecule has 0 spiro atoms. The van der Waals surface area contributed by atoms with Gasteiger partial charge in [0, 0.05) is 28.0 Å². The van der Waals surface area contributed by atoms with E-state index in [2.05, 4.69) is 16.7 Å². The number of hydrogen-bond donors (Lipinski definition) is 2. The van der Waals surface area contributed by atoms with E-state index in [9.17, 15) is 9.59 Å². The Balaban J connectivity index is 1.56. The molecule has 1 amide bonds. The number of benzene rings is 2. The van der Waals surface area contributed by atoms with E-state index >= 15 is 0 Å². The lowest BCUT2D eigenvalue weighted by molar-refractivity contribution is 0.0863. The standard InChI is InChI=1S/C23H22N2O2S/c1-14-6-7-17(25-22(27)20-5-4-10-28-20)12-19(14)24-16-8-9-18-15(11-16)13-23(2,3)21(18)26/h4-12,24H,13H2,1-3H3,(H,25,27). The Hall–Kier alpha value is -2.92. The van der Waals surface area contributed by atoms with Crippen molar-refractivity contribution in [2.75, 3.05) is 10.6 Å². The van der Waals surface area contributed by atoms with E-state index in [1.54, 1.807) is 6.07 Å². The number of hydrogen-bond acceptors (Lipinski definition) is 4. The lowest BCUT2D eigenvalue weighted by Gasteiger charge is -2.13. The fourth-order valence-electron chi connectivity index (χ4n) is 3.55. The summed E-state index contributed by atoms with van der Waals surface area (Å²) >= 11 is 1.42. The molecule has 1 heterocycles. The lowest BCUT2D eigenvalue weighted by atomic mass is 9.89. The quantitative estimate of drug-likeness (QED) is 0.590. The molecular formula is C23H22N2O2S. The first kappa shape index (κ1) is 18.4. The van der Waals surface area contributed by atoms with E-state index < -0.39 is 0 Å². The van der Waals surface area contributed by atoms with Gasteiger partial charge in [0.1, 0.15) is 0 Å². The molecule has 2 N–H and O–H groups in total. The third-order valence-electron chi connectivity index (χ3n) is 5.12. The molecule has 3 aromatic rings. The van der Waals surface area contributed by atoms with Crippen LogP contribution in [0.15, 0.2) is 53.9 Å². The molecule has 1 aliphatic rings. The van der Waals surface area contributed by atoms with Crippen LogP contribution in [-0.4, -0.2) is 11.7 Å². The maximum absolute atomic E-state index is 12.4. The Morgan fingerprint density at radius 1 is 1.07 bits per heavy atom. The Bertz CT molecular complexity index is 1070. The summed E-state index contributed by atoms with van der Waals surface area (Å²) in [5.41, 5.74) is 5.25. The SMILES string of the molecule is Cc1ccc(NC(=O)c2cccs2)cc1Nc1ccc2c(c1)CC(C)(C)C2=O. The third-order valence-corrected chi connectivity index (χ3v) is 5.98. The zero-order valence-corrected chi connectivity index (χ0v) is 16.9. The van der Waals surface area contributed by atoms with Gasteiger partial charge in [0.25, 0.3) is 5.91 Å². The molecule has 2 aromatic carbocycles. The van der Waals surface area contributed by atoms with Crippen molar-refractivity contribution in [2.24, 2.45) is 5.41 Å². The van der Waals surface area contributed by atoms with Crippen molar-refractivity contribution in [3.05, 3.63) is 75.5 Å². The van der Waals surface area contributed by atoms with Crippen LogP contribution in [0.2, 0.25) is 0 Å². The Morgan fingerprint density at radius 3 is 2.61 bits per heavy atom. The second-order valence-electron chi connectivity index (χ2n) is 7.85. The number of fused-ring (bicyclic) bond motifs is 1. The number of carbonyl (C=O) groups excluding carboxylic acids is 2. The summed E-state index contributed by atoms with van der Waals surface area (Å²) in [5, 5.41) is 8.26. The zero-order valence-electron chi connectivity index (χ0n) is 16.1. The third kappa shape index (κ3) is 3.45. The Kier molecular flexibility index (Phi) is 4.55. The first-order chi connectivity index (χ1) is 13.3. The molecule has 0 aliphatic heterocycles. The van der Waals surface area contributed by atoms with E-state index in [1.165, 1.54) is 11.3 Å². The summed E-state index contributed by atoms with van der Waals surface area (Å²) in [6.45, 7) is 6.01. The van der Waals surface area contributed by atoms with Crippen molar-refractivity contribution < 1.29 is 9.59 Å². The summed E-state index contributed by atoms with van der Waals surface area (Å²) in [5.74, 6) is 0.103. The van der Waals surface area contributed by atoms with Crippen LogP contribution < -0.4 is 10.6 Å². The highest BCUT2D eigenvalue weighted by molar-refractivity contribution is 7.12. The highest BCUT2D eigenvalue weighted by atomic mass is 32.1. The molecule has 0 saturated carbocycles. The molecule has 0 radical (unpaired) electrons. The predicted molar refractivity (Wildman–Crippen MR) is 115 cm³/mol. The molecule has 4 nitrogen and oxygen atoms in total. The van der Waals surface area contributed by atoms with Gasteiger partial charge in [0.15, 0.2) is 5.78 Å². The van der Waals surface area contributed by atoms with Crippen molar-refractivity contribution in [1.29, 1.82) is 0 Å². The van der Waals surface area contributed by atoms with Gasteiger partial charge in [0.2, 0.25) is 0 Å². The summed E-state index contributed by atoms with van der Waals surface area (Å²) in [4.78, 5) is 25.4. The van der Waals surface area contributed by atoms with Gasteiger partial charge < -0.3 is 10.6 Å². The number of thiophene rings is 1. The van der Waals surface area contributed by atoms with Gasteiger partial charge >= 0.3 is 0 Å². The van der Waals surface area contributed by atoms with Gasteiger partial charge in [0.05, 0.1) is 4.88 Å². The van der Waals surface area contributed by atoms with E-state index in [0.29, 0.717) is 4.88 Å². The van der Waals surface area contributed by atoms with E-state index in [1.807, 2.05) is 62.5 Å². The second kappa shape index (κ2) is 6.91. The molecule has 142 valence electrons. The van der Waals surface area contributed by atoms with Gasteiger partial charge in [-0.25, -0.2) is 0 Å². The summed E-state index contributed by atoms with van der Waals surface area (Å²) in [6, 6.07) is 15.4. The molecule has 1 aliphatic carbocycles. The normalized spacial score (nSPS) is 14.6. The van der Waals surface area contributed by atoms with E-state index in [4.69, 9.17) is 0 Å². The van der Waals surface area contributed by atoms with Crippen molar-refractivity contribution >= 4 is 40.1 Å². The number of rotatable bonds is 4. The van der Waals surface area contributed by atoms with Crippen molar-refractivity contribution in [2.45, 2.75) is 27.2 Å². The molecule has 28 heavy (non-hydrogen) atoms. The highest BCUT2D eigenvalue weighted by Crippen LogP contribution is 2.38. The molecular weight excluding hydrogens is 368 g/mol. The van der Waals surface area contributed by atoms with Gasteiger partial charge in [-0.2, -0.15) is 0 Å². The molecule has 0 unspecified atom stereocenters. The summed E-state index contributed by atoms with van der Waals surface area (Å²) < 4.78 is 0. The van der Waals surface area contributed by atoms with Gasteiger partial charge in [-0.3, -0.25) is 9.59 Å². The molecule has 0 atom stereocenters. The first-order valence-corrected chi connectivity index (χ1v) is 10.1. The molecule has 0 saturated heterocycles. The molecule has 1 aromatic heterocycles. The maximum Gasteiger partial charge on any atom is 0.265 e. The molecule has 0 fully saturated rings. The van der Waals surface area contributed by atoms with E-state index in [-0.39, 0.29) is 17.1 Å². The Morgan fingerprint density at radius 2 is 1.86 bits per heavy atom. The van der Waals surface area contributed by atoms with Crippen LogP contribution in [-0.2, 0) is 6.42 Å². The average Bonchev–Trinajstić information content (AvgIpc) is 3.25. The number of amides is 1. The Labute approximate surface area is 168 Å². The van der Waals surface area contributed by atoms with Crippen molar-refractivity contribution in [1.82, 2.24) is 0 Å². The van der Waals surface area contributed by atoms with Gasteiger partial charge in [-0.05, 0) is 66.2 Å². The topological polar surface area (TPSA) is 58.2 Å². The smallest absolute Gasteiger partial charge is 0.265 e. The first-order valence-electron chi connectivity index (χ1n) is 9.24. The number of carbonyl (C=O) groups is 2. The zero-order chi connectivity index (χ0) is 19.9. The fraction of sp³-hybridized carbons (Fsp3) is 0.217.